The van der Waals surface area contributed by atoms with Gasteiger partial charge in [0, 0.05) is 16.7 Å². The van der Waals surface area contributed by atoms with Crippen molar-refractivity contribution < 1.29 is 5.11 Å². The van der Waals surface area contributed by atoms with E-state index in [9.17, 15) is 5.11 Å². The highest BCUT2D eigenvalue weighted by Gasteiger charge is 2.41. The minimum Gasteiger partial charge on any atom is -0.395 e. The lowest BCUT2D eigenvalue weighted by atomic mass is 9.70. The number of hydrogen-bond donors (Lipinski definition) is 1. The first-order chi connectivity index (χ1) is 8.34. The second kappa shape index (κ2) is 4.69. The molecule has 94 valence electrons. The number of nitrogens with zero attached hydrogens (tertiary/aromatic N) is 1. The van der Waals surface area contributed by atoms with E-state index in [1.165, 1.54) is 49.2 Å². The van der Waals surface area contributed by atoms with E-state index in [0.717, 1.165) is 12.8 Å². The molecule has 0 radical (unpaired) electrons. The Bertz CT molecular complexity index is 372. The topological polar surface area (TPSA) is 33.1 Å². The Balaban J connectivity index is 1.77. The summed E-state index contributed by atoms with van der Waals surface area (Å²) in [6.07, 6.45) is 10.3. The fraction of sp³-hybridized carbons (Fsp3) is 0.786. The van der Waals surface area contributed by atoms with E-state index < -0.39 is 0 Å². The van der Waals surface area contributed by atoms with Crippen LogP contribution in [0.4, 0.5) is 0 Å². The highest BCUT2D eigenvalue weighted by Crippen LogP contribution is 2.45. The van der Waals surface area contributed by atoms with E-state index in [1.807, 2.05) is 0 Å². The van der Waals surface area contributed by atoms with Gasteiger partial charge in [0.1, 0.15) is 5.01 Å². The average Bonchev–Trinajstić information content (AvgIpc) is 2.80. The summed E-state index contributed by atoms with van der Waals surface area (Å²) < 4.78 is 0. The van der Waals surface area contributed by atoms with Crippen LogP contribution in [-0.2, 0) is 5.41 Å². The second-order valence-electron chi connectivity index (χ2n) is 5.70. The molecule has 0 atom stereocenters. The van der Waals surface area contributed by atoms with Crippen molar-refractivity contribution in [3.05, 3.63) is 16.1 Å². The summed E-state index contributed by atoms with van der Waals surface area (Å²) in [6.45, 7) is 0.282. The van der Waals surface area contributed by atoms with Gasteiger partial charge in [-0.25, -0.2) is 4.98 Å². The molecule has 2 nitrogen and oxygen atoms in total. The smallest absolute Gasteiger partial charge is 0.101 e. The molecular weight excluding hydrogens is 230 g/mol. The van der Waals surface area contributed by atoms with Crippen LogP contribution in [0.2, 0.25) is 0 Å². The second-order valence-corrected chi connectivity index (χ2v) is 6.56. The van der Waals surface area contributed by atoms with Crippen molar-refractivity contribution in [1.82, 2.24) is 4.98 Å². The molecule has 1 heterocycles. The molecule has 0 unspecified atom stereocenters. The first-order valence-electron chi connectivity index (χ1n) is 6.91. The summed E-state index contributed by atoms with van der Waals surface area (Å²) >= 11 is 1.78. The largest absolute Gasteiger partial charge is 0.395 e. The molecule has 3 heteroatoms. The van der Waals surface area contributed by atoms with Crippen molar-refractivity contribution in [3.8, 4) is 0 Å². The fourth-order valence-electron chi connectivity index (χ4n) is 3.16. The Morgan fingerprint density at radius 2 is 2.00 bits per heavy atom. The van der Waals surface area contributed by atoms with Crippen LogP contribution in [0.15, 0.2) is 5.38 Å². The van der Waals surface area contributed by atoms with Crippen LogP contribution < -0.4 is 0 Å². The van der Waals surface area contributed by atoms with Gasteiger partial charge in [-0.1, -0.05) is 25.7 Å². The Hall–Kier alpha value is -0.410. The average molecular weight is 251 g/mol. The van der Waals surface area contributed by atoms with Gasteiger partial charge >= 0.3 is 0 Å². The molecule has 1 N–H and O–H groups in total. The Kier molecular flexibility index (Phi) is 3.22. The van der Waals surface area contributed by atoms with E-state index >= 15 is 0 Å². The Morgan fingerprint density at radius 3 is 2.59 bits per heavy atom. The fourth-order valence-corrected chi connectivity index (χ4v) is 4.31. The number of aromatic nitrogens is 1. The van der Waals surface area contributed by atoms with E-state index in [0.29, 0.717) is 5.92 Å². The highest BCUT2D eigenvalue weighted by atomic mass is 32.1. The normalized spacial score (nSPS) is 24.5. The van der Waals surface area contributed by atoms with Gasteiger partial charge in [0.25, 0.3) is 0 Å². The minimum atomic E-state index is 0.0393. The number of rotatable bonds is 3. The molecule has 0 bridgehead atoms. The van der Waals surface area contributed by atoms with Crippen LogP contribution in [-0.4, -0.2) is 16.7 Å². The van der Waals surface area contributed by atoms with Crippen LogP contribution in [0.3, 0.4) is 0 Å². The third-order valence-corrected chi connectivity index (χ3v) is 5.72. The molecule has 2 aliphatic rings. The SMILES string of the molecule is OCC1(c2nc(C3CCCCC3)cs2)CCC1. The number of hydrogen-bond acceptors (Lipinski definition) is 3. The van der Waals surface area contributed by atoms with Crippen molar-refractivity contribution in [2.75, 3.05) is 6.61 Å². The monoisotopic (exact) mass is 251 g/mol. The number of thiazole rings is 1. The molecule has 2 fully saturated rings. The maximum atomic E-state index is 9.58. The zero-order valence-electron chi connectivity index (χ0n) is 10.3. The molecule has 0 amide bonds. The molecule has 1 aromatic heterocycles. The summed E-state index contributed by atoms with van der Waals surface area (Å²) in [4.78, 5) is 4.86. The summed E-state index contributed by atoms with van der Waals surface area (Å²) in [5.41, 5.74) is 1.35. The van der Waals surface area contributed by atoms with Gasteiger partial charge in [0.05, 0.1) is 12.3 Å². The maximum absolute atomic E-state index is 9.58. The zero-order valence-corrected chi connectivity index (χ0v) is 11.1. The van der Waals surface area contributed by atoms with Gasteiger partial charge in [0.2, 0.25) is 0 Å². The Morgan fingerprint density at radius 1 is 1.24 bits per heavy atom. The van der Waals surface area contributed by atoms with E-state index in [1.54, 1.807) is 11.3 Å². The van der Waals surface area contributed by atoms with E-state index in [2.05, 4.69) is 5.38 Å². The predicted octanol–water partition coefficient (Wildman–Crippen LogP) is 3.60. The van der Waals surface area contributed by atoms with Gasteiger partial charge < -0.3 is 5.11 Å². The molecule has 0 saturated heterocycles. The van der Waals surface area contributed by atoms with Crippen LogP contribution >= 0.6 is 11.3 Å². The third-order valence-electron chi connectivity index (χ3n) is 4.61. The summed E-state index contributed by atoms with van der Waals surface area (Å²) in [7, 11) is 0. The molecule has 0 spiro atoms. The van der Waals surface area contributed by atoms with Crippen molar-refractivity contribution in [2.45, 2.75) is 62.7 Å². The van der Waals surface area contributed by atoms with Crippen LogP contribution in [0, 0.1) is 0 Å². The molecular formula is C14H21NOS. The molecule has 1 aromatic rings. The standard InChI is InChI=1S/C14H21NOS/c16-10-14(7-4-8-14)13-15-12(9-17-13)11-5-2-1-3-6-11/h9,11,16H,1-8,10H2. The van der Waals surface area contributed by atoms with Crippen molar-refractivity contribution in [3.63, 3.8) is 0 Å². The van der Waals surface area contributed by atoms with Crippen LogP contribution in [0.5, 0.6) is 0 Å². The predicted molar refractivity (Wildman–Crippen MR) is 70.6 cm³/mol. The Labute approximate surface area is 107 Å². The molecule has 2 aliphatic carbocycles. The molecule has 0 aliphatic heterocycles. The molecule has 2 saturated carbocycles. The lowest BCUT2D eigenvalue weighted by Crippen LogP contribution is -2.37. The van der Waals surface area contributed by atoms with Crippen LogP contribution in [0.1, 0.15) is 68.0 Å². The maximum Gasteiger partial charge on any atom is 0.101 e. The third kappa shape index (κ3) is 2.04. The van der Waals surface area contributed by atoms with E-state index in [4.69, 9.17) is 4.98 Å². The molecule has 0 aromatic carbocycles. The lowest BCUT2D eigenvalue weighted by Gasteiger charge is -2.38. The van der Waals surface area contributed by atoms with E-state index in [-0.39, 0.29) is 12.0 Å². The molecule has 17 heavy (non-hydrogen) atoms. The van der Waals surface area contributed by atoms with Crippen molar-refractivity contribution >= 4 is 11.3 Å². The van der Waals surface area contributed by atoms with Crippen molar-refractivity contribution in [2.24, 2.45) is 0 Å². The summed E-state index contributed by atoms with van der Waals surface area (Å²) in [6, 6.07) is 0. The van der Waals surface area contributed by atoms with Gasteiger partial charge in [-0.05, 0) is 25.7 Å². The summed E-state index contributed by atoms with van der Waals surface area (Å²) in [5, 5.41) is 13.0. The first-order valence-corrected chi connectivity index (χ1v) is 7.79. The molecule has 3 rings (SSSR count). The van der Waals surface area contributed by atoms with Crippen LogP contribution in [0.25, 0.3) is 0 Å². The van der Waals surface area contributed by atoms with Gasteiger partial charge in [-0.15, -0.1) is 11.3 Å². The van der Waals surface area contributed by atoms with Gasteiger partial charge in [-0.3, -0.25) is 0 Å². The number of aliphatic hydroxyl groups is 1. The highest BCUT2D eigenvalue weighted by molar-refractivity contribution is 7.09. The zero-order chi connectivity index (χ0) is 11.7. The number of aliphatic hydroxyl groups excluding tert-OH is 1. The lowest BCUT2D eigenvalue weighted by molar-refractivity contribution is 0.119. The van der Waals surface area contributed by atoms with Crippen molar-refractivity contribution in [1.29, 1.82) is 0 Å². The van der Waals surface area contributed by atoms with Gasteiger partial charge in [0.15, 0.2) is 0 Å². The quantitative estimate of drug-likeness (QED) is 0.890. The first kappa shape index (κ1) is 11.7. The summed E-state index contributed by atoms with van der Waals surface area (Å²) in [5.74, 6) is 0.699. The van der Waals surface area contributed by atoms with Gasteiger partial charge in [-0.2, -0.15) is 0 Å². The minimum absolute atomic E-state index is 0.0393.